The zero-order chi connectivity index (χ0) is 15.2. The van der Waals surface area contributed by atoms with E-state index in [-0.39, 0.29) is 12.5 Å². The fraction of sp³-hybridized carbons (Fsp3) is 0.0769. The van der Waals surface area contributed by atoms with Crippen LogP contribution >= 0.6 is 50.1 Å². The van der Waals surface area contributed by atoms with E-state index in [1.165, 1.54) is 6.21 Å². The molecule has 0 unspecified atom stereocenters. The van der Waals surface area contributed by atoms with Crippen LogP contribution in [0.4, 0.5) is 0 Å². The summed E-state index contributed by atoms with van der Waals surface area (Å²) in [5, 5.41) is 4.35. The normalized spacial score (nSPS) is 10.8. The van der Waals surface area contributed by atoms with Crippen molar-refractivity contribution in [1.29, 1.82) is 0 Å². The maximum atomic E-state index is 11.6. The Balaban J connectivity index is 1.81. The van der Waals surface area contributed by atoms with Crippen LogP contribution in [-0.2, 0) is 4.79 Å². The molecule has 0 fully saturated rings. The molecule has 0 saturated carbocycles. The van der Waals surface area contributed by atoms with E-state index in [0.717, 1.165) is 3.77 Å². The third-order valence-corrected chi connectivity index (χ3v) is 3.66. The highest BCUT2D eigenvalue weighted by Crippen LogP contribution is 2.27. The molecule has 2 rings (SSSR count). The van der Waals surface area contributed by atoms with Gasteiger partial charge in [0.2, 0.25) is 0 Å². The summed E-state index contributed by atoms with van der Waals surface area (Å²) in [7, 11) is 0. The van der Waals surface area contributed by atoms with Gasteiger partial charge in [-0.15, -0.1) is 0 Å². The highest BCUT2D eigenvalue weighted by atomic mass is 127. The van der Waals surface area contributed by atoms with Gasteiger partial charge in [-0.2, -0.15) is 5.10 Å². The van der Waals surface area contributed by atoms with Crippen molar-refractivity contribution in [2.75, 3.05) is 6.61 Å². The first-order valence-electron chi connectivity index (χ1n) is 5.69. The first-order chi connectivity index (χ1) is 10.0. The van der Waals surface area contributed by atoms with Crippen LogP contribution in [0.15, 0.2) is 44.3 Å². The molecule has 0 aliphatic heterocycles. The average molecular weight is 483 g/mol. The molecule has 5 nitrogen and oxygen atoms in total. The fourth-order valence-electron chi connectivity index (χ4n) is 1.33. The zero-order valence-electron chi connectivity index (χ0n) is 10.5. The second kappa shape index (κ2) is 7.81. The van der Waals surface area contributed by atoms with E-state index in [4.69, 9.17) is 20.8 Å². The van der Waals surface area contributed by atoms with Crippen LogP contribution in [0.1, 0.15) is 5.76 Å². The number of carbonyl (C=O) groups excluding carboxylic acids is 1. The van der Waals surface area contributed by atoms with Crippen LogP contribution in [-0.4, -0.2) is 18.7 Å². The Morgan fingerprint density at radius 3 is 2.95 bits per heavy atom. The molecular weight excluding hydrogens is 474 g/mol. The van der Waals surface area contributed by atoms with Crippen molar-refractivity contribution >= 4 is 62.2 Å². The Morgan fingerprint density at radius 2 is 2.29 bits per heavy atom. The lowest BCUT2D eigenvalue weighted by Gasteiger charge is -2.07. The third kappa shape index (κ3) is 5.33. The number of halogens is 3. The first kappa shape index (κ1) is 16.3. The molecule has 1 N–H and O–H groups in total. The summed E-state index contributed by atoms with van der Waals surface area (Å²) >= 11 is 11.2. The van der Waals surface area contributed by atoms with Crippen molar-refractivity contribution in [2.24, 2.45) is 5.10 Å². The molecule has 0 spiro atoms. The van der Waals surface area contributed by atoms with Crippen LogP contribution in [0.2, 0.25) is 5.02 Å². The summed E-state index contributed by atoms with van der Waals surface area (Å²) in [4.78, 5) is 11.6. The molecule has 8 heteroatoms. The van der Waals surface area contributed by atoms with E-state index in [0.29, 0.717) is 21.0 Å². The van der Waals surface area contributed by atoms with Gasteiger partial charge in [-0.3, -0.25) is 4.79 Å². The number of ether oxygens (including phenoxy) is 1. The summed E-state index contributed by atoms with van der Waals surface area (Å²) in [5.41, 5.74) is 2.34. The predicted octanol–water partition coefficient (Wildman–Crippen LogP) is 3.83. The van der Waals surface area contributed by atoms with Crippen molar-refractivity contribution in [3.63, 3.8) is 0 Å². The number of amides is 1. The number of benzene rings is 1. The van der Waals surface area contributed by atoms with Gasteiger partial charge in [0, 0.05) is 5.02 Å². The number of furan rings is 1. The van der Waals surface area contributed by atoms with E-state index in [2.05, 4.69) is 26.5 Å². The maximum absolute atomic E-state index is 11.6. The number of rotatable bonds is 5. The molecule has 2 aromatic rings. The van der Waals surface area contributed by atoms with Gasteiger partial charge >= 0.3 is 0 Å². The van der Waals surface area contributed by atoms with Gasteiger partial charge in [0.25, 0.3) is 5.91 Å². The molecule has 0 saturated heterocycles. The van der Waals surface area contributed by atoms with Crippen LogP contribution in [0, 0.1) is 3.77 Å². The van der Waals surface area contributed by atoms with Gasteiger partial charge in [0.15, 0.2) is 10.4 Å². The summed E-state index contributed by atoms with van der Waals surface area (Å²) in [6, 6.07) is 8.58. The molecule has 1 aromatic heterocycles. The van der Waals surface area contributed by atoms with Crippen molar-refractivity contribution < 1.29 is 13.9 Å². The molecule has 0 bridgehead atoms. The van der Waals surface area contributed by atoms with Gasteiger partial charge in [0.05, 0.1) is 10.7 Å². The second-order valence-corrected chi connectivity index (χ2v) is 6.15. The Bertz CT molecular complexity index is 675. The van der Waals surface area contributed by atoms with E-state index < -0.39 is 0 Å². The molecular formula is C13H9BrClIN2O3. The van der Waals surface area contributed by atoms with E-state index in [9.17, 15) is 4.79 Å². The Kier molecular flexibility index (Phi) is 6.07. The van der Waals surface area contributed by atoms with Gasteiger partial charge in [-0.1, -0.05) is 11.6 Å². The highest BCUT2D eigenvalue weighted by molar-refractivity contribution is 14.1. The molecule has 110 valence electrons. The fourth-order valence-corrected chi connectivity index (χ4v) is 2.56. The van der Waals surface area contributed by atoms with Crippen molar-refractivity contribution in [2.45, 2.75) is 0 Å². The van der Waals surface area contributed by atoms with Crippen LogP contribution in [0.25, 0.3) is 0 Å². The van der Waals surface area contributed by atoms with E-state index in [1.54, 1.807) is 30.3 Å². The number of hydrogen-bond donors (Lipinski definition) is 1. The summed E-state index contributed by atoms with van der Waals surface area (Å²) < 4.78 is 12.0. The molecule has 0 aliphatic carbocycles. The summed E-state index contributed by atoms with van der Waals surface area (Å²) in [5.74, 6) is 0.703. The molecule has 1 amide bonds. The number of carbonyl (C=O) groups is 1. The van der Waals surface area contributed by atoms with Gasteiger partial charge < -0.3 is 9.15 Å². The molecule has 0 atom stereocenters. The lowest BCUT2D eigenvalue weighted by molar-refractivity contribution is -0.123. The molecule has 21 heavy (non-hydrogen) atoms. The van der Waals surface area contributed by atoms with Gasteiger partial charge in [-0.25, -0.2) is 5.43 Å². The predicted molar refractivity (Wildman–Crippen MR) is 91.8 cm³/mol. The number of nitrogens with one attached hydrogen (secondary N) is 1. The first-order valence-corrected chi connectivity index (χ1v) is 7.94. The van der Waals surface area contributed by atoms with Gasteiger partial charge in [-0.05, 0) is 68.9 Å². The SMILES string of the molecule is O=C(COc1ccc(Cl)cc1Br)N/N=C\c1ccc(I)o1. The summed E-state index contributed by atoms with van der Waals surface area (Å²) in [6.07, 6.45) is 1.41. The minimum Gasteiger partial charge on any atom is -0.483 e. The lowest BCUT2D eigenvalue weighted by Crippen LogP contribution is -2.24. The summed E-state index contributed by atoms with van der Waals surface area (Å²) in [6.45, 7) is -0.159. The van der Waals surface area contributed by atoms with Crippen LogP contribution in [0.5, 0.6) is 5.75 Å². The Morgan fingerprint density at radius 1 is 1.48 bits per heavy atom. The smallest absolute Gasteiger partial charge is 0.277 e. The van der Waals surface area contributed by atoms with Crippen molar-refractivity contribution in [3.8, 4) is 5.75 Å². The Labute approximate surface area is 148 Å². The molecule has 0 radical (unpaired) electrons. The van der Waals surface area contributed by atoms with Gasteiger partial charge in [0.1, 0.15) is 11.5 Å². The second-order valence-electron chi connectivity index (χ2n) is 3.80. The quantitative estimate of drug-likeness (QED) is 0.400. The highest BCUT2D eigenvalue weighted by Gasteiger charge is 2.05. The Hall–Kier alpha value is -1.06. The molecule has 1 aromatic carbocycles. The zero-order valence-corrected chi connectivity index (χ0v) is 15.0. The largest absolute Gasteiger partial charge is 0.483 e. The van der Waals surface area contributed by atoms with Crippen molar-refractivity contribution in [3.05, 3.63) is 49.4 Å². The topological polar surface area (TPSA) is 63.8 Å². The number of hydrogen-bond acceptors (Lipinski definition) is 4. The minimum atomic E-state index is -0.380. The lowest BCUT2D eigenvalue weighted by atomic mass is 10.3. The van der Waals surface area contributed by atoms with Crippen LogP contribution in [0.3, 0.4) is 0 Å². The monoisotopic (exact) mass is 482 g/mol. The standard InChI is InChI=1S/C13H9BrClIN2O3/c14-10-5-8(15)1-3-11(10)20-7-13(19)18-17-6-9-2-4-12(16)21-9/h1-6H,7H2,(H,18,19)/b17-6-. The van der Waals surface area contributed by atoms with Crippen molar-refractivity contribution in [1.82, 2.24) is 5.43 Å². The third-order valence-electron chi connectivity index (χ3n) is 2.23. The maximum Gasteiger partial charge on any atom is 0.277 e. The van der Waals surface area contributed by atoms with E-state index >= 15 is 0 Å². The number of hydrazone groups is 1. The average Bonchev–Trinajstić information content (AvgIpc) is 2.83. The van der Waals surface area contributed by atoms with E-state index in [1.807, 2.05) is 22.6 Å². The molecule has 1 heterocycles. The minimum absolute atomic E-state index is 0.159. The molecule has 0 aliphatic rings. The van der Waals surface area contributed by atoms with Crippen LogP contribution < -0.4 is 10.2 Å². The number of nitrogens with zero attached hydrogens (tertiary/aromatic N) is 1.